The van der Waals surface area contributed by atoms with Gasteiger partial charge in [-0.3, -0.25) is 0 Å². The molecule has 3 heteroatoms. The highest BCUT2D eigenvalue weighted by Crippen LogP contribution is 2.58. The summed E-state index contributed by atoms with van der Waals surface area (Å²) < 4.78 is 0. The largest absolute Gasteiger partial charge is 0.116 e. The number of alkyl halides is 1. The van der Waals surface area contributed by atoms with Crippen LogP contribution in [-0.2, 0) is 11.5 Å². The van der Waals surface area contributed by atoms with E-state index in [2.05, 4.69) is 131 Å². The number of rotatable bonds is 6. The van der Waals surface area contributed by atoms with Gasteiger partial charge >= 0.3 is 0 Å². The van der Waals surface area contributed by atoms with Gasteiger partial charge in [-0.15, -0.1) is 17.0 Å². The summed E-state index contributed by atoms with van der Waals surface area (Å²) in [5, 5.41) is 5.16. The molecule has 0 saturated heterocycles. The lowest BCUT2D eigenvalue weighted by Crippen LogP contribution is -2.32. The molecule has 0 saturated carbocycles. The molecule has 0 aromatic heterocycles. The van der Waals surface area contributed by atoms with Gasteiger partial charge in [0.05, 0.1) is 6.16 Å². The molecule has 0 spiro atoms. The standard InChI is InChI=1S/C26H23BrP.BrH/c27-20-22-12-10-11-13-23(22)21-28(24-14-4-1-5-15-24,25-16-6-2-7-17-25)26-18-8-3-9-19-26;/h1-19H,20-21H2;1H/q+1;. The van der Waals surface area contributed by atoms with Crippen molar-refractivity contribution in [2.75, 3.05) is 0 Å². The smallest absolute Gasteiger partial charge is 0.114 e. The average molecular weight is 527 g/mol. The molecule has 0 unspecified atom stereocenters. The fourth-order valence-electron chi connectivity index (χ4n) is 3.87. The molecule has 0 aliphatic heterocycles. The van der Waals surface area contributed by atoms with Gasteiger partial charge in [0, 0.05) is 5.33 Å². The number of hydrogen-bond donors (Lipinski definition) is 0. The first-order chi connectivity index (χ1) is 13.8. The molecule has 0 radical (unpaired) electrons. The van der Waals surface area contributed by atoms with Gasteiger partial charge in [-0.25, -0.2) is 0 Å². The van der Waals surface area contributed by atoms with Crippen LogP contribution in [0.15, 0.2) is 115 Å². The van der Waals surface area contributed by atoms with Crippen molar-refractivity contribution in [3.05, 3.63) is 126 Å². The molecular weight excluding hydrogens is 503 g/mol. The summed E-state index contributed by atoms with van der Waals surface area (Å²) in [5.74, 6) is 0. The topological polar surface area (TPSA) is 0 Å². The van der Waals surface area contributed by atoms with Crippen LogP contribution in [0, 0.1) is 0 Å². The van der Waals surface area contributed by atoms with Crippen LogP contribution in [0.4, 0.5) is 0 Å². The molecule has 0 heterocycles. The molecule has 0 amide bonds. The third-order valence-electron chi connectivity index (χ3n) is 5.26. The highest BCUT2D eigenvalue weighted by molar-refractivity contribution is 9.08. The summed E-state index contributed by atoms with van der Waals surface area (Å²) in [6, 6.07) is 42.1. The van der Waals surface area contributed by atoms with Crippen molar-refractivity contribution in [2.45, 2.75) is 11.5 Å². The van der Waals surface area contributed by atoms with Crippen LogP contribution in [0.3, 0.4) is 0 Å². The first-order valence-electron chi connectivity index (χ1n) is 9.52. The third kappa shape index (κ3) is 4.56. The Morgan fingerprint density at radius 1 is 0.483 bits per heavy atom. The van der Waals surface area contributed by atoms with E-state index in [1.54, 1.807) is 0 Å². The van der Waals surface area contributed by atoms with Gasteiger partial charge < -0.3 is 0 Å². The Balaban J connectivity index is 0.00000240. The van der Waals surface area contributed by atoms with E-state index >= 15 is 0 Å². The average Bonchev–Trinajstić information content (AvgIpc) is 2.79. The zero-order chi connectivity index (χ0) is 19.2. The predicted octanol–water partition coefficient (Wildman–Crippen LogP) is 6.65. The van der Waals surface area contributed by atoms with Gasteiger partial charge in [0.15, 0.2) is 0 Å². The minimum atomic E-state index is -1.84. The Labute approximate surface area is 193 Å². The molecule has 0 aliphatic carbocycles. The van der Waals surface area contributed by atoms with Crippen molar-refractivity contribution >= 4 is 56.1 Å². The third-order valence-corrected chi connectivity index (χ3v) is 10.2. The molecule has 0 aliphatic rings. The first kappa shape index (κ1) is 22.0. The van der Waals surface area contributed by atoms with Crippen molar-refractivity contribution in [1.29, 1.82) is 0 Å². The Morgan fingerprint density at radius 2 is 0.828 bits per heavy atom. The Hall–Kier alpha value is -1.73. The van der Waals surface area contributed by atoms with Gasteiger partial charge in [-0.05, 0) is 47.5 Å². The van der Waals surface area contributed by atoms with Gasteiger partial charge in [0.25, 0.3) is 0 Å². The maximum Gasteiger partial charge on any atom is 0.116 e. The minimum absolute atomic E-state index is 0. The van der Waals surface area contributed by atoms with E-state index in [4.69, 9.17) is 0 Å². The van der Waals surface area contributed by atoms with Crippen molar-refractivity contribution in [1.82, 2.24) is 0 Å². The van der Waals surface area contributed by atoms with Gasteiger partial charge in [-0.1, -0.05) is 94.8 Å². The molecule has 4 aromatic rings. The molecule has 146 valence electrons. The predicted molar refractivity (Wildman–Crippen MR) is 138 cm³/mol. The van der Waals surface area contributed by atoms with Crippen LogP contribution in [0.5, 0.6) is 0 Å². The quantitative estimate of drug-likeness (QED) is 0.195. The Kier molecular flexibility index (Phi) is 7.84. The lowest BCUT2D eigenvalue weighted by atomic mass is 10.1. The van der Waals surface area contributed by atoms with E-state index < -0.39 is 7.26 Å². The molecule has 0 fully saturated rings. The zero-order valence-electron chi connectivity index (χ0n) is 16.1. The zero-order valence-corrected chi connectivity index (χ0v) is 20.3. The van der Waals surface area contributed by atoms with E-state index in [0.717, 1.165) is 11.5 Å². The fourth-order valence-corrected chi connectivity index (χ4v) is 8.72. The van der Waals surface area contributed by atoms with E-state index in [9.17, 15) is 0 Å². The second-order valence-corrected chi connectivity index (χ2v) is 10.9. The monoisotopic (exact) mass is 525 g/mol. The first-order valence-corrected chi connectivity index (χ1v) is 12.6. The maximum atomic E-state index is 3.70. The van der Waals surface area contributed by atoms with Crippen LogP contribution in [-0.4, -0.2) is 0 Å². The molecule has 0 atom stereocenters. The van der Waals surface area contributed by atoms with Crippen LogP contribution >= 0.6 is 40.2 Å². The highest BCUT2D eigenvalue weighted by Gasteiger charge is 2.45. The van der Waals surface area contributed by atoms with Crippen LogP contribution in [0.2, 0.25) is 0 Å². The highest BCUT2D eigenvalue weighted by atomic mass is 79.9. The fraction of sp³-hybridized carbons (Fsp3) is 0.0769. The van der Waals surface area contributed by atoms with Crippen LogP contribution in [0.25, 0.3) is 0 Å². The number of halogens is 2. The second-order valence-electron chi connectivity index (χ2n) is 6.88. The molecule has 0 nitrogen and oxygen atoms in total. The van der Waals surface area contributed by atoms with Crippen LogP contribution < -0.4 is 15.9 Å². The van der Waals surface area contributed by atoms with Gasteiger partial charge in [-0.2, -0.15) is 0 Å². The van der Waals surface area contributed by atoms with Crippen molar-refractivity contribution in [3.63, 3.8) is 0 Å². The molecule has 0 N–H and O–H groups in total. The van der Waals surface area contributed by atoms with E-state index in [1.165, 1.54) is 27.0 Å². The van der Waals surface area contributed by atoms with Gasteiger partial charge in [0.1, 0.15) is 23.2 Å². The van der Waals surface area contributed by atoms with Crippen molar-refractivity contribution in [3.8, 4) is 0 Å². The molecule has 0 bridgehead atoms. The Morgan fingerprint density at radius 3 is 1.21 bits per heavy atom. The second kappa shape index (κ2) is 10.3. The minimum Gasteiger partial charge on any atom is -0.114 e. The summed E-state index contributed by atoms with van der Waals surface area (Å²) in [6.07, 6.45) is 1.02. The summed E-state index contributed by atoms with van der Waals surface area (Å²) in [6.45, 7) is 0. The molecular formula is C26H24Br2P+. The van der Waals surface area contributed by atoms with E-state index in [0.29, 0.717) is 0 Å². The van der Waals surface area contributed by atoms with Gasteiger partial charge in [0.2, 0.25) is 0 Å². The molecule has 29 heavy (non-hydrogen) atoms. The summed E-state index contributed by atoms with van der Waals surface area (Å²) in [4.78, 5) is 0. The van der Waals surface area contributed by atoms with Crippen molar-refractivity contribution in [2.24, 2.45) is 0 Å². The number of hydrogen-bond acceptors (Lipinski definition) is 0. The van der Waals surface area contributed by atoms with Crippen LogP contribution in [0.1, 0.15) is 11.1 Å². The van der Waals surface area contributed by atoms with E-state index in [-0.39, 0.29) is 17.0 Å². The summed E-state index contributed by atoms with van der Waals surface area (Å²) in [5.41, 5.74) is 2.79. The summed E-state index contributed by atoms with van der Waals surface area (Å²) in [7, 11) is -1.84. The Bertz CT molecular complexity index is 921. The number of benzene rings is 4. The molecule has 4 rings (SSSR count). The normalized spacial score (nSPS) is 10.9. The lowest BCUT2D eigenvalue weighted by Gasteiger charge is -2.28. The van der Waals surface area contributed by atoms with Crippen molar-refractivity contribution < 1.29 is 0 Å². The maximum absolute atomic E-state index is 3.70. The molecule has 4 aromatic carbocycles. The summed E-state index contributed by atoms with van der Waals surface area (Å²) >= 11 is 3.70. The van der Waals surface area contributed by atoms with E-state index in [1.807, 2.05) is 0 Å². The lowest BCUT2D eigenvalue weighted by molar-refractivity contribution is 1.28. The SMILES string of the molecule is Br.BrCc1ccccc1C[P+](c1ccccc1)(c1ccccc1)c1ccccc1.